The van der Waals surface area contributed by atoms with Crippen molar-refractivity contribution in [1.29, 1.82) is 0 Å². The molecule has 0 unspecified atom stereocenters. The number of hydrogen-bond acceptors (Lipinski definition) is 4. The Balaban J connectivity index is 1.61. The second-order valence-corrected chi connectivity index (χ2v) is 12.7. The van der Waals surface area contributed by atoms with Crippen LogP contribution in [0.1, 0.15) is 56.9 Å². The van der Waals surface area contributed by atoms with Crippen LogP contribution in [0.15, 0.2) is 42.5 Å². The molecule has 4 nitrogen and oxygen atoms in total. The van der Waals surface area contributed by atoms with E-state index in [2.05, 4.69) is 55.1 Å². The molecule has 1 saturated heterocycles. The first-order chi connectivity index (χ1) is 14.4. The van der Waals surface area contributed by atoms with Gasteiger partial charge in [-0.05, 0) is 88.8 Å². The van der Waals surface area contributed by atoms with E-state index in [0.29, 0.717) is 0 Å². The van der Waals surface area contributed by atoms with Crippen molar-refractivity contribution in [2.24, 2.45) is 0 Å². The molecule has 1 aliphatic rings. The van der Waals surface area contributed by atoms with Gasteiger partial charge in [0.05, 0.1) is 22.7 Å². The lowest BCUT2D eigenvalue weighted by atomic mass is 10.0. The minimum atomic E-state index is -3.17. The maximum Gasteiger partial charge on any atom is 0.159 e. The monoisotopic (exact) mass is 443 g/mol. The molecule has 1 aliphatic heterocycles. The number of hydrogen-bond donors (Lipinski definition) is 0. The van der Waals surface area contributed by atoms with Gasteiger partial charge in [0, 0.05) is 18.8 Å². The van der Waals surface area contributed by atoms with Crippen LogP contribution < -0.4 is 4.90 Å². The van der Waals surface area contributed by atoms with Crippen LogP contribution in [0.2, 0.25) is 0 Å². The molecule has 2 atom stereocenters. The summed E-state index contributed by atoms with van der Waals surface area (Å²) in [7, 11) is -3.17. The summed E-state index contributed by atoms with van der Waals surface area (Å²) in [5.74, 6) is 0.100. The van der Waals surface area contributed by atoms with Crippen molar-refractivity contribution in [2.75, 3.05) is 18.0 Å². The van der Waals surface area contributed by atoms with Crippen molar-refractivity contribution in [2.45, 2.75) is 77.1 Å². The average Bonchev–Trinajstić information content (AvgIpc) is 2.67. The van der Waals surface area contributed by atoms with Crippen molar-refractivity contribution in [3.8, 4) is 0 Å². The van der Waals surface area contributed by atoms with Crippen LogP contribution in [0.3, 0.4) is 0 Å². The van der Waals surface area contributed by atoms with Crippen LogP contribution in [-0.2, 0) is 33.2 Å². The molecule has 1 fully saturated rings. The smallest absolute Gasteiger partial charge is 0.159 e. The third-order valence-electron chi connectivity index (χ3n) is 6.11. The fourth-order valence-corrected chi connectivity index (χ4v) is 5.21. The molecule has 2 aromatic carbocycles. The summed E-state index contributed by atoms with van der Waals surface area (Å²) in [5.41, 5.74) is 5.77. The molecule has 0 aromatic heterocycles. The topological polar surface area (TPSA) is 46.6 Å². The fourth-order valence-electron chi connectivity index (χ4n) is 4.05. The van der Waals surface area contributed by atoms with Crippen molar-refractivity contribution in [3.05, 3.63) is 64.7 Å². The molecular formula is C26H37NO3S. The highest BCUT2D eigenvalue weighted by molar-refractivity contribution is 7.91. The van der Waals surface area contributed by atoms with Crippen molar-refractivity contribution in [1.82, 2.24) is 0 Å². The Morgan fingerprint density at radius 3 is 2.03 bits per heavy atom. The molecule has 0 radical (unpaired) electrons. The Kier molecular flexibility index (Phi) is 7.17. The first-order valence-corrected chi connectivity index (χ1v) is 12.9. The Hall–Kier alpha value is -1.85. The van der Waals surface area contributed by atoms with Gasteiger partial charge in [0.15, 0.2) is 9.84 Å². The summed E-state index contributed by atoms with van der Waals surface area (Å²) < 4.78 is 30.2. The zero-order valence-electron chi connectivity index (χ0n) is 19.8. The molecule has 5 heteroatoms. The third-order valence-corrected chi connectivity index (χ3v) is 8.67. The predicted molar refractivity (Wildman–Crippen MR) is 130 cm³/mol. The minimum Gasteiger partial charge on any atom is -0.372 e. The molecule has 0 bridgehead atoms. The Morgan fingerprint density at radius 1 is 0.935 bits per heavy atom. The van der Waals surface area contributed by atoms with E-state index in [4.69, 9.17) is 4.74 Å². The zero-order chi connectivity index (χ0) is 22.8. The van der Waals surface area contributed by atoms with E-state index in [0.717, 1.165) is 37.1 Å². The molecule has 31 heavy (non-hydrogen) atoms. The van der Waals surface area contributed by atoms with Gasteiger partial charge in [0.1, 0.15) is 0 Å². The van der Waals surface area contributed by atoms with Gasteiger partial charge in [-0.15, -0.1) is 0 Å². The quantitative estimate of drug-likeness (QED) is 0.623. The van der Waals surface area contributed by atoms with E-state index in [1.165, 1.54) is 16.8 Å². The number of morpholine rings is 1. The molecule has 0 aliphatic carbocycles. The number of ether oxygens (including phenoxy) is 1. The van der Waals surface area contributed by atoms with Gasteiger partial charge in [-0.1, -0.05) is 30.3 Å². The van der Waals surface area contributed by atoms with Gasteiger partial charge in [0.25, 0.3) is 0 Å². The third kappa shape index (κ3) is 6.11. The van der Waals surface area contributed by atoms with E-state index in [9.17, 15) is 8.42 Å². The van der Waals surface area contributed by atoms with E-state index in [1.54, 1.807) is 20.8 Å². The van der Waals surface area contributed by atoms with Crippen LogP contribution in [0.4, 0.5) is 5.69 Å². The largest absolute Gasteiger partial charge is 0.372 e. The standard InChI is InChI=1S/C26H37NO3S/c1-19-15-23(9-12-24(19)18-31(28,29)26(4,5)6)8-7-22-10-13-25(14-11-22)27-16-20(2)30-21(3)17-27/h9-15,20-21H,7-8,16-18H2,1-6H3/t20-,21+. The average molecular weight is 444 g/mol. The number of benzene rings is 2. The molecule has 0 N–H and O–H groups in total. The minimum absolute atomic E-state index is 0.100. The molecular weight excluding hydrogens is 406 g/mol. The fraction of sp³-hybridized carbons (Fsp3) is 0.538. The van der Waals surface area contributed by atoms with Crippen molar-refractivity contribution < 1.29 is 13.2 Å². The van der Waals surface area contributed by atoms with E-state index in [-0.39, 0.29) is 18.0 Å². The molecule has 0 amide bonds. The molecule has 170 valence electrons. The van der Waals surface area contributed by atoms with Crippen molar-refractivity contribution >= 4 is 15.5 Å². The van der Waals surface area contributed by atoms with Gasteiger partial charge in [0.2, 0.25) is 0 Å². The highest BCUT2D eigenvalue weighted by Crippen LogP contribution is 2.24. The first kappa shape index (κ1) is 23.8. The Morgan fingerprint density at radius 2 is 1.48 bits per heavy atom. The number of anilines is 1. The van der Waals surface area contributed by atoms with Gasteiger partial charge in [-0.25, -0.2) is 8.42 Å². The van der Waals surface area contributed by atoms with Gasteiger partial charge in [-0.2, -0.15) is 0 Å². The van der Waals surface area contributed by atoms with Gasteiger partial charge >= 0.3 is 0 Å². The van der Waals surface area contributed by atoms with Crippen LogP contribution >= 0.6 is 0 Å². The number of sulfone groups is 1. The summed E-state index contributed by atoms with van der Waals surface area (Å²) in [6.07, 6.45) is 2.42. The van der Waals surface area contributed by atoms with Gasteiger partial charge in [-0.3, -0.25) is 0 Å². The number of rotatable bonds is 6. The lowest BCUT2D eigenvalue weighted by Crippen LogP contribution is -2.45. The molecule has 0 spiro atoms. The SMILES string of the molecule is Cc1cc(CCc2ccc(N3C[C@@H](C)O[C@@H](C)C3)cc2)ccc1CS(=O)(=O)C(C)(C)C. The summed E-state index contributed by atoms with van der Waals surface area (Å²) in [6.45, 7) is 13.4. The number of nitrogens with zero attached hydrogens (tertiary/aromatic N) is 1. The highest BCUT2D eigenvalue weighted by atomic mass is 32.2. The molecule has 2 aromatic rings. The van der Waals surface area contributed by atoms with Gasteiger partial charge < -0.3 is 9.64 Å². The van der Waals surface area contributed by atoms with E-state index in [1.807, 2.05) is 13.0 Å². The zero-order valence-corrected chi connectivity index (χ0v) is 20.6. The predicted octanol–water partition coefficient (Wildman–Crippen LogP) is 5.11. The van der Waals surface area contributed by atoms with Crippen LogP contribution in [0.5, 0.6) is 0 Å². The van der Waals surface area contributed by atoms with Crippen LogP contribution in [0.25, 0.3) is 0 Å². The lowest BCUT2D eigenvalue weighted by molar-refractivity contribution is -0.00521. The van der Waals surface area contributed by atoms with E-state index >= 15 is 0 Å². The summed E-state index contributed by atoms with van der Waals surface area (Å²) in [6, 6.07) is 15.1. The molecule has 0 saturated carbocycles. The second-order valence-electron chi connectivity index (χ2n) is 9.96. The highest BCUT2D eigenvalue weighted by Gasteiger charge is 2.29. The number of aryl methyl sites for hydroxylation is 3. The van der Waals surface area contributed by atoms with E-state index < -0.39 is 14.6 Å². The second kappa shape index (κ2) is 9.33. The van der Waals surface area contributed by atoms with Crippen LogP contribution in [-0.4, -0.2) is 38.5 Å². The van der Waals surface area contributed by atoms with Crippen LogP contribution in [0, 0.1) is 6.92 Å². The lowest BCUT2D eigenvalue weighted by Gasteiger charge is -2.36. The first-order valence-electron chi connectivity index (χ1n) is 11.2. The summed E-state index contributed by atoms with van der Waals surface area (Å²) in [4.78, 5) is 2.40. The Bertz CT molecular complexity index is 980. The summed E-state index contributed by atoms with van der Waals surface area (Å²) >= 11 is 0. The Labute approximate surface area is 188 Å². The maximum absolute atomic E-state index is 12.5. The molecule has 1 heterocycles. The molecule has 3 rings (SSSR count). The maximum atomic E-state index is 12.5. The van der Waals surface area contributed by atoms with Crippen molar-refractivity contribution in [3.63, 3.8) is 0 Å². The normalized spacial score (nSPS) is 20.1. The summed E-state index contributed by atoms with van der Waals surface area (Å²) in [5, 5.41) is 0.